The molecule has 0 aromatic heterocycles. The van der Waals surface area contributed by atoms with Crippen LogP contribution in [0.3, 0.4) is 0 Å². The molecule has 18 heavy (non-hydrogen) atoms. The number of hydrogen-bond acceptors (Lipinski definition) is 4. The molecule has 2 rings (SSSR count). The molecule has 104 valence electrons. The number of rotatable bonds is 4. The second kappa shape index (κ2) is 5.99. The summed E-state index contributed by atoms with van der Waals surface area (Å²) >= 11 is 0. The molecular formula is C13H24N2O3. The van der Waals surface area contributed by atoms with Gasteiger partial charge in [0.1, 0.15) is 0 Å². The number of nitrogens with zero attached hydrogens (tertiary/aromatic N) is 1. The highest BCUT2D eigenvalue weighted by atomic mass is 16.7. The third-order valence-electron chi connectivity index (χ3n) is 4.00. The third-order valence-corrected chi connectivity index (χ3v) is 4.00. The van der Waals surface area contributed by atoms with Crippen LogP contribution in [0.4, 0.5) is 0 Å². The summed E-state index contributed by atoms with van der Waals surface area (Å²) in [5.74, 6) is -0.145. The molecule has 0 unspecified atom stereocenters. The van der Waals surface area contributed by atoms with E-state index in [-0.39, 0.29) is 11.7 Å². The van der Waals surface area contributed by atoms with Gasteiger partial charge in [0.2, 0.25) is 5.91 Å². The van der Waals surface area contributed by atoms with E-state index in [1.807, 2.05) is 14.0 Å². The fourth-order valence-corrected chi connectivity index (χ4v) is 2.59. The van der Waals surface area contributed by atoms with Crippen molar-refractivity contribution in [3.8, 4) is 0 Å². The maximum atomic E-state index is 11.7. The van der Waals surface area contributed by atoms with Crippen LogP contribution < -0.4 is 5.32 Å². The minimum atomic E-state index is -0.303. The van der Waals surface area contributed by atoms with Gasteiger partial charge in [-0.15, -0.1) is 0 Å². The van der Waals surface area contributed by atoms with Gasteiger partial charge in [-0.3, -0.25) is 4.79 Å². The number of carbonyl (C=O) groups excluding carboxylic acids is 1. The van der Waals surface area contributed by atoms with Gasteiger partial charge in [0.25, 0.3) is 0 Å². The highest BCUT2D eigenvalue weighted by molar-refractivity contribution is 5.77. The monoisotopic (exact) mass is 256 g/mol. The maximum Gasteiger partial charge on any atom is 0.236 e. The Morgan fingerprint density at radius 3 is 2.50 bits per heavy atom. The molecule has 0 radical (unpaired) electrons. The van der Waals surface area contributed by atoms with Gasteiger partial charge in [-0.1, -0.05) is 0 Å². The molecular weight excluding hydrogens is 232 g/mol. The van der Waals surface area contributed by atoms with Crippen LogP contribution in [0.15, 0.2) is 0 Å². The molecule has 2 fully saturated rings. The van der Waals surface area contributed by atoms with Crippen LogP contribution >= 0.6 is 0 Å². The number of carbonyl (C=O) groups is 1. The Morgan fingerprint density at radius 1 is 1.33 bits per heavy atom. The topological polar surface area (TPSA) is 50.8 Å². The molecule has 1 aliphatic carbocycles. The standard InChI is InChI=1S/C13H24N2O3/c1-3-15(2)12(16)10-14-11-4-6-13(7-5-11)17-8-9-18-13/h11,14H,3-10H2,1-2H3. The summed E-state index contributed by atoms with van der Waals surface area (Å²) in [6.45, 7) is 4.62. The number of likely N-dealkylation sites (N-methyl/N-ethyl adjacent to an activating group) is 1. The van der Waals surface area contributed by atoms with Crippen molar-refractivity contribution >= 4 is 5.91 Å². The molecule has 1 spiro atoms. The van der Waals surface area contributed by atoms with Crippen molar-refractivity contribution in [1.29, 1.82) is 0 Å². The Kier molecular flexibility index (Phi) is 4.59. The second-order valence-electron chi connectivity index (χ2n) is 5.17. The van der Waals surface area contributed by atoms with Crippen LogP contribution in [0.1, 0.15) is 32.6 Å². The fraction of sp³-hybridized carbons (Fsp3) is 0.923. The fourth-order valence-electron chi connectivity index (χ4n) is 2.59. The number of hydrogen-bond donors (Lipinski definition) is 1. The summed E-state index contributed by atoms with van der Waals surface area (Å²) in [6.07, 6.45) is 3.90. The number of nitrogens with one attached hydrogen (secondary N) is 1. The van der Waals surface area contributed by atoms with E-state index in [1.54, 1.807) is 4.90 Å². The first-order valence-electron chi connectivity index (χ1n) is 6.90. The van der Waals surface area contributed by atoms with Gasteiger partial charge in [-0.05, 0) is 19.8 Å². The quantitative estimate of drug-likeness (QED) is 0.806. The molecule has 1 heterocycles. The molecule has 5 heteroatoms. The van der Waals surface area contributed by atoms with Crippen molar-refractivity contribution in [3.05, 3.63) is 0 Å². The number of amides is 1. The first-order valence-corrected chi connectivity index (χ1v) is 6.90. The molecule has 0 aromatic rings. The smallest absolute Gasteiger partial charge is 0.236 e. The Balaban J connectivity index is 1.69. The SMILES string of the molecule is CCN(C)C(=O)CNC1CCC2(CC1)OCCO2. The molecule has 0 bridgehead atoms. The van der Waals surface area contributed by atoms with Crippen molar-refractivity contribution in [2.45, 2.75) is 44.4 Å². The van der Waals surface area contributed by atoms with Crippen molar-refractivity contribution in [2.75, 3.05) is 33.4 Å². The van der Waals surface area contributed by atoms with E-state index in [1.165, 1.54) is 0 Å². The Morgan fingerprint density at radius 2 is 1.94 bits per heavy atom. The first-order chi connectivity index (χ1) is 8.65. The van der Waals surface area contributed by atoms with Gasteiger partial charge in [-0.25, -0.2) is 0 Å². The molecule has 0 aromatic carbocycles. The van der Waals surface area contributed by atoms with Gasteiger partial charge in [0.15, 0.2) is 5.79 Å². The van der Waals surface area contributed by atoms with Gasteiger partial charge in [-0.2, -0.15) is 0 Å². The lowest BCUT2D eigenvalue weighted by Crippen LogP contribution is -2.45. The minimum absolute atomic E-state index is 0.158. The molecule has 2 aliphatic rings. The summed E-state index contributed by atoms with van der Waals surface area (Å²) in [5.41, 5.74) is 0. The maximum absolute atomic E-state index is 11.7. The Hall–Kier alpha value is -0.650. The third kappa shape index (κ3) is 3.22. The lowest BCUT2D eigenvalue weighted by molar-refractivity contribution is -0.179. The Bertz CT molecular complexity index is 280. The predicted octanol–water partition coefficient (Wildman–Crippen LogP) is 0.740. The summed E-state index contributed by atoms with van der Waals surface area (Å²) in [4.78, 5) is 13.4. The van der Waals surface area contributed by atoms with Gasteiger partial charge in [0, 0.05) is 32.5 Å². The minimum Gasteiger partial charge on any atom is -0.348 e. The van der Waals surface area contributed by atoms with Gasteiger partial charge < -0.3 is 19.7 Å². The predicted molar refractivity (Wildman–Crippen MR) is 68.2 cm³/mol. The van der Waals surface area contributed by atoms with Crippen molar-refractivity contribution in [2.24, 2.45) is 0 Å². The molecule has 1 amide bonds. The summed E-state index contributed by atoms with van der Waals surface area (Å²) in [5, 5.41) is 3.34. The normalized spacial score (nSPS) is 23.4. The van der Waals surface area contributed by atoms with Crippen molar-refractivity contribution in [1.82, 2.24) is 10.2 Å². The summed E-state index contributed by atoms with van der Waals surface area (Å²) in [6, 6.07) is 0.414. The van der Waals surface area contributed by atoms with E-state index in [0.717, 1.165) is 45.4 Å². The summed E-state index contributed by atoms with van der Waals surface area (Å²) < 4.78 is 11.4. The number of ether oxygens (including phenoxy) is 2. The zero-order valence-corrected chi connectivity index (χ0v) is 11.4. The van der Waals surface area contributed by atoms with E-state index >= 15 is 0 Å². The molecule has 1 aliphatic heterocycles. The van der Waals surface area contributed by atoms with Crippen LogP contribution in [0.5, 0.6) is 0 Å². The molecule has 1 N–H and O–H groups in total. The van der Waals surface area contributed by atoms with Crippen LogP contribution in [-0.4, -0.2) is 56.0 Å². The van der Waals surface area contributed by atoms with Gasteiger partial charge in [0.05, 0.1) is 19.8 Å². The van der Waals surface area contributed by atoms with E-state index in [9.17, 15) is 4.79 Å². The van der Waals surface area contributed by atoms with Crippen LogP contribution in [0.25, 0.3) is 0 Å². The largest absolute Gasteiger partial charge is 0.348 e. The Labute approximate surface area is 109 Å². The lowest BCUT2D eigenvalue weighted by Gasteiger charge is -2.35. The lowest BCUT2D eigenvalue weighted by atomic mass is 9.90. The first kappa shape index (κ1) is 13.8. The molecule has 0 atom stereocenters. The average Bonchev–Trinajstić information content (AvgIpc) is 2.85. The van der Waals surface area contributed by atoms with E-state index in [2.05, 4.69) is 5.32 Å². The van der Waals surface area contributed by atoms with Crippen molar-refractivity contribution in [3.63, 3.8) is 0 Å². The zero-order chi connectivity index (χ0) is 13.0. The zero-order valence-electron chi connectivity index (χ0n) is 11.4. The van der Waals surface area contributed by atoms with Gasteiger partial charge >= 0.3 is 0 Å². The van der Waals surface area contributed by atoms with Crippen LogP contribution in [-0.2, 0) is 14.3 Å². The van der Waals surface area contributed by atoms with Crippen molar-refractivity contribution < 1.29 is 14.3 Å². The summed E-state index contributed by atoms with van der Waals surface area (Å²) in [7, 11) is 1.83. The second-order valence-corrected chi connectivity index (χ2v) is 5.17. The van der Waals surface area contributed by atoms with Crippen LogP contribution in [0.2, 0.25) is 0 Å². The molecule has 1 saturated carbocycles. The molecule has 5 nitrogen and oxygen atoms in total. The van der Waals surface area contributed by atoms with Crippen LogP contribution in [0, 0.1) is 0 Å². The van der Waals surface area contributed by atoms with E-state index in [4.69, 9.17) is 9.47 Å². The highest BCUT2D eigenvalue weighted by Crippen LogP contribution is 2.35. The van der Waals surface area contributed by atoms with E-state index < -0.39 is 0 Å². The van der Waals surface area contributed by atoms with E-state index in [0.29, 0.717) is 12.6 Å². The average molecular weight is 256 g/mol. The molecule has 1 saturated heterocycles. The highest BCUT2D eigenvalue weighted by Gasteiger charge is 2.40.